The predicted octanol–water partition coefficient (Wildman–Crippen LogP) is 6.36. The summed E-state index contributed by atoms with van der Waals surface area (Å²) in [5, 5.41) is 0. The summed E-state index contributed by atoms with van der Waals surface area (Å²) >= 11 is 0. The van der Waals surface area contributed by atoms with E-state index in [-0.39, 0.29) is 5.91 Å². The van der Waals surface area contributed by atoms with Crippen LogP contribution in [0, 0.1) is 0 Å². The maximum atomic E-state index is 11.9. The molecule has 3 nitrogen and oxygen atoms in total. The van der Waals surface area contributed by atoms with E-state index in [4.69, 9.17) is 10.5 Å². The van der Waals surface area contributed by atoms with Gasteiger partial charge in [-0.2, -0.15) is 0 Å². The molecule has 1 aromatic carbocycles. The third-order valence-electron chi connectivity index (χ3n) is 5.15. The lowest BCUT2D eigenvalue weighted by atomic mass is 10.00. The first-order valence-electron chi connectivity index (χ1n) is 11.2. The summed E-state index contributed by atoms with van der Waals surface area (Å²) in [7, 11) is 0. The second-order valence-electron chi connectivity index (χ2n) is 7.71. The number of primary amides is 1. The van der Waals surface area contributed by atoms with E-state index in [0.717, 1.165) is 37.9 Å². The molecule has 0 aliphatic heterocycles. The van der Waals surface area contributed by atoms with Gasteiger partial charge in [0.15, 0.2) is 6.10 Å². The van der Waals surface area contributed by atoms with Crippen molar-refractivity contribution in [1.82, 2.24) is 0 Å². The van der Waals surface area contributed by atoms with Gasteiger partial charge in [-0.3, -0.25) is 4.79 Å². The molecule has 1 aromatic rings. The predicted molar refractivity (Wildman–Crippen MR) is 115 cm³/mol. The van der Waals surface area contributed by atoms with Gasteiger partial charge in [0.25, 0.3) is 5.91 Å². The molecule has 3 heteroatoms. The number of aryl methyl sites for hydroxylation is 2. The van der Waals surface area contributed by atoms with Gasteiger partial charge in [0.05, 0.1) is 0 Å². The number of amides is 1. The Morgan fingerprint density at radius 1 is 0.889 bits per heavy atom. The van der Waals surface area contributed by atoms with Crippen molar-refractivity contribution in [2.24, 2.45) is 5.73 Å². The SMILES string of the molecule is CCCCCCC(Oc1ccc(CCCCC)cc1CCCCC)C(N)=O. The normalized spacial score (nSPS) is 12.1. The first-order chi connectivity index (χ1) is 13.1. The molecule has 154 valence electrons. The summed E-state index contributed by atoms with van der Waals surface area (Å²) in [6.45, 7) is 6.64. The van der Waals surface area contributed by atoms with Gasteiger partial charge in [0.2, 0.25) is 0 Å². The van der Waals surface area contributed by atoms with Crippen molar-refractivity contribution in [3.05, 3.63) is 29.3 Å². The monoisotopic (exact) mass is 375 g/mol. The second-order valence-corrected chi connectivity index (χ2v) is 7.71. The van der Waals surface area contributed by atoms with Crippen molar-refractivity contribution in [1.29, 1.82) is 0 Å². The Kier molecular flexibility index (Phi) is 12.7. The van der Waals surface area contributed by atoms with Crippen LogP contribution in [0.1, 0.15) is 103 Å². The maximum absolute atomic E-state index is 11.9. The molecule has 0 bridgehead atoms. The molecule has 0 saturated heterocycles. The average Bonchev–Trinajstić information content (AvgIpc) is 2.66. The zero-order valence-electron chi connectivity index (χ0n) is 17.9. The minimum atomic E-state index is -0.516. The van der Waals surface area contributed by atoms with Crippen molar-refractivity contribution in [2.45, 2.75) is 110 Å². The van der Waals surface area contributed by atoms with Crippen LogP contribution >= 0.6 is 0 Å². The van der Waals surface area contributed by atoms with Gasteiger partial charge in [0, 0.05) is 0 Å². The van der Waals surface area contributed by atoms with Crippen molar-refractivity contribution < 1.29 is 9.53 Å². The highest BCUT2D eigenvalue weighted by atomic mass is 16.5. The van der Waals surface area contributed by atoms with E-state index in [1.807, 2.05) is 0 Å². The Labute approximate surface area is 167 Å². The topological polar surface area (TPSA) is 52.3 Å². The molecule has 0 saturated carbocycles. The van der Waals surface area contributed by atoms with Gasteiger partial charge in [-0.25, -0.2) is 0 Å². The van der Waals surface area contributed by atoms with Crippen molar-refractivity contribution in [3.63, 3.8) is 0 Å². The average molecular weight is 376 g/mol. The molecule has 1 unspecified atom stereocenters. The second kappa shape index (κ2) is 14.5. The number of carbonyl (C=O) groups is 1. The first-order valence-corrected chi connectivity index (χ1v) is 11.2. The van der Waals surface area contributed by atoms with Crippen LogP contribution in [0.4, 0.5) is 0 Å². The van der Waals surface area contributed by atoms with Gasteiger partial charge in [-0.15, -0.1) is 0 Å². The largest absolute Gasteiger partial charge is 0.480 e. The van der Waals surface area contributed by atoms with Gasteiger partial charge in [0.1, 0.15) is 5.75 Å². The summed E-state index contributed by atoms with van der Waals surface area (Å²) in [6, 6.07) is 6.50. The highest BCUT2D eigenvalue weighted by molar-refractivity contribution is 5.79. The highest BCUT2D eigenvalue weighted by Gasteiger charge is 2.18. The molecule has 1 atom stereocenters. The number of hydrogen-bond donors (Lipinski definition) is 1. The maximum Gasteiger partial charge on any atom is 0.258 e. The van der Waals surface area contributed by atoms with Crippen molar-refractivity contribution >= 4 is 5.91 Å². The van der Waals surface area contributed by atoms with E-state index in [0.29, 0.717) is 6.42 Å². The summed E-state index contributed by atoms with van der Waals surface area (Å²) in [5.41, 5.74) is 8.23. The lowest BCUT2D eigenvalue weighted by molar-refractivity contribution is -0.125. The summed E-state index contributed by atoms with van der Waals surface area (Å²) in [6.07, 6.45) is 14.1. The fraction of sp³-hybridized carbons (Fsp3) is 0.708. The van der Waals surface area contributed by atoms with Crippen LogP contribution in [0.5, 0.6) is 5.75 Å². The van der Waals surface area contributed by atoms with E-state index >= 15 is 0 Å². The Bertz CT molecular complexity index is 527. The lowest BCUT2D eigenvalue weighted by Gasteiger charge is -2.19. The highest BCUT2D eigenvalue weighted by Crippen LogP contribution is 2.26. The van der Waals surface area contributed by atoms with Crippen molar-refractivity contribution in [3.8, 4) is 5.75 Å². The molecule has 0 aliphatic rings. The minimum Gasteiger partial charge on any atom is -0.480 e. The molecule has 1 amide bonds. The minimum absolute atomic E-state index is 0.349. The molecule has 0 radical (unpaired) electrons. The Hall–Kier alpha value is -1.51. The third-order valence-corrected chi connectivity index (χ3v) is 5.15. The lowest BCUT2D eigenvalue weighted by Crippen LogP contribution is -2.34. The molecule has 27 heavy (non-hydrogen) atoms. The van der Waals surface area contributed by atoms with Crippen LogP contribution in [0.15, 0.2) is 18.2 Å². The van der Waals surface area contributed by atoms with Crippen LogP contribution < -0.4 is 10.5 Å². The van der Waals surface area contributed by atoms with E-state index in [2.05, 4.69) is 39.0 Å². The number of ether oxygens (including phenoxy) is 1. The molecule has 0 spiro atoms. The molecular formula is C24H41NO2. The van der Waals surface area contributed by atoms with Crippen molar-refractivity contribution in [2.75, 3.05) is 0 Å². The number of rotatable bonds is 16. The van der Waals surface area contributed by atoms with E-state index in [1.165, 1.54) is 56.1 Å². The summed E-state index contributed by atoms with van der Waals surface area (Å²) in [5.74, 6) is 0.502. The zero-order chi connectivity index (χ0) is 19.9. The smallest absolute Gasteiger partial charge is 0.258 e. The van der Waals surface area contributed by atoms with E-state index < -0.39 is 6.10 Å². The van der Waals surface area contributed by atoms with Gasteiger partial charge in [-0.1, -0.05) is 77.8 Å². The van der Waals surface area contributed by atoms with E-state index in [1.54, 1.807) is 0 Å². The number of carbonyl (C=O) groups excluding carboxylic acids is 1. The van der Waals surface area contributed by atoms with Crippen LogP contribution in [-0.2, 0) is 17.6 Å². The molecule has 0 aromatic heterocycles. The van der Waals surface area contributed by atoms with Crippen LogP contribution in [0.25, 0.3) is 0 Å². The number of unbranched alkanes of at least 4 members (excludes halogenated alkanes) is 7. The fourth-order valence-electron chi connectivity index (χ4n) is 3.41. The molecule has 0 aliphatic carbocycles. The summed E-state index contributed by atoms with van der Waals surface area (Å²) < 4.78 is 6.12. The fourth-order valence-corrected chi connectivity index (χ4v) is 3.41. The van der Waals surface area contributed by atoms with Crippen LogP contribution in [0.3, 0.4) is 0 Å². The summed E-state index contributed by atoms with van der Waals surface area (Å²) in [4.78, 5) is 11.9. The number of benzene rings is 1. The number of nitrogens with two attached hydrogens (primary N) is 1. The first kappa shape index (κ1) is 23.5. The van der Waals surface area contributed by atoms with Crippen LogP contribution in [-0.4, -0.2) is 12.0 Å². The third kappa shape index (κ3) is 9.83. The molecule has 1 rings (SSSR count). The zero-order valence-corrected chi connectivity index (χ0v) is 17.9. The molecule has 0 fully saturated rings. The molecular weight excluding hydrogens is 334 g/mol. The Morgan fingerprint density at radius 3 is 2.15 bits per heavy atom. The van der Waals surface area contributed by atoms with Gasteiger partial charge < -0.3 is 10.5 Å². The van der Waals surface area contributed by atoms with Gasteiger partial charge in [-0.05, 0) is 55.7 Å². The standard InChI is InChI=1S/C24H41NO2/c1-4-7-10-13-16-23(24(25)26)27-22-18-17-20(14-11-8-5-2)19-21(22)15-12-9-6-3/h17-19,23H,4-16H2,1-3H3,(H2,25,26). The Balaban J connectivity index is 2.81. The van der Waals surface area contributed by atoms with Crippen LogP contribution in [0.2, 0.25) is 0 Å². The quantitative estimate of drug-likeness (QED) is 0.342. The number of hydrogen-bond acceptors (Lipinski definition) is 2. The molecule has 0 heterocycles. The Morgan fingerprint density at radius 2 is 1.52 bits per heavy atom. The van der Waals surface area contributed by atoms with E-state index in [9.17, 15) is 4.79 Å². The molecule has 2 N–H and O–H groups in total. The van der Waals surface area contributed by atoms with Gasteiger partial charge >= 0.3 is 0 Å².